The van der Waals surface area contributed by atoms with Crippen molar-refractivity contribution in [1.29, 1.82) is 0 Å². The van der Waals surface area contributed by atoms with Gasteiger partial charge in [0.1, 0.15) is 5.82 Å². The molecule has 50 heavy (non-hydrogen) atoms. The van der Waals surface area contributed by atoms with Crippen LogP contribution in [0.2, 0.25) is 0 Å². The van der Waals surface area contributed by atoms with Crippen molar-refractivity contribution in [2.45, 2.75) is 38.3 Å². The maximum Gasteiger partial charge on any atom is 0.159 e. The number of benzene rings is 4. The van der Waals surface area contributed by atoms with E-state index in [-0.39, 0.29) is 23.2 Å². The molecule has 0 aliphatic heterocycles. The Morgan fingerprint density at radius 1 is 0.460 bits per heavy atom. The number of ketones is 3. The molecular formula is C42H31FO3S4. The third-order valence-electron chi connectivity index (χ3n) is 8.67. The van der Waals surface area contributed by atoms with E-state index in [0.717, 1.165) is 46.0 Å². The number of thiophene rings is 3. The van der Waals surface area contributed by atoms with Crippen LogP contribution in [0.4, 0.5) is 4.39 Å². The van der Waals surface area contributed by atoms with Gasteiger partial charge >= 0.3 is 0 Å². The highest BCUT2D eigenvalue weighted by atomic mass is 32.3. The van der Waals surface area contributed by atoms with Crippen LogP contribution in [-0.2, 0) is 0 Å². The Morgan fingerprint density at radius 2 is 0.780 bits per heavy atom. The first kappa shape index (κ1) is 33.8. The van der Waals surface area contributed by atoms with Gasteiger partial charge in [0.2, 0.25) is 0 Å². The lowest BCUT2D eigenvalue weighted by atomic mass is 10.1. The van der Waals surface area contributed by atoms with Crippen LogP contribution in [0, 0.1) is 5.82 Å². The molecule has 0 saturated heterocycles. The van der Waals surface area contributed by atoms with Crippen molar-refractivity contribution in [2.24, 2.45) is 0 Å². The highest BCUT2D eigenvalue weighted by Crippen LogP contribution is 2.78. The van der Waals surface area contributed by atoms with Gasteiger partial charge in [0.15, 0.2) is 17.3 Å². The molecule has 4 aromatic carbocycles. The number of Topliss-reactive ketones (excluding diaryl/α,β-unsaturated/α-hetero) is 3. The maximum absolute atomic E-state index is 16.4. The van der Waals surface area contributed by atoms with E-state index < -0.39 is 10.0 Å². The topological polar surface area (TPSA) is 51.2 Å². The number of carbonyl (C=O) groups excluding carboxylic acids is 3. The summed E-state index contributed by atoms with van der Waals surface area (Å²) in [6.07, 6.45) is 0. The molecule has 7 rings (SSSR count). The van der Waals surface area contributed by atoms with E-state index in [1.165, 1.54) is 6.07 Å². The molecule has 0 N–H and O–H groups in total. The fraction of sp³-hybridized carbons (Fsp3) is 0.0714. The first-order valence-corrected chi connectivity index (χ1v) is 20.1. The highest BCUT2D eigenvalue weighted by molar-refractivity contribution is 8.36. The molecule has 3 heterocycles. The van der Waals surface area contributed by atoms with Gasteiger partial charge in [-0.3, -0.25) is 14.4 Å². The van der Waals surface area contributed by atoms with Crippen molar-refractivity contribution in [3.8, 4) is 33.4 Å². The predicted octanol–water partition coefficient (Wildman–Crippen LogP) is 13.0. The average molecular weight is 731 g/mol. The Kier molecular flexibility index (Phi) is 9.37. The quantitative estimate of drug-likeness (QED) is 0.132. The van der Waals surface area contributed by atoms with Crippen LogP contribution in [0.5, 0.6) is 0 Å². The second kappa shape index (κ2) is 13.9. The van der Waals surface area contributed by atoms with Gasteiger partial charge in [-0.15, -0.1) is 44.0 Å². The fourth-order valence-corrected chi connectivity index (χ4v) is 15.7. The molecule has 0 spiro atoms. The monoisotopic (exact) mass is 730 g/mol. The lowest BCUT2D eigenvalue weighted by molar-refractivity contribution is 0.100. The van der Waals surface area contributed by atoms with Crippen molar-refractivity contribution >= 4 is 61.4 Å². The minimum atomic E-state index is -2.35. The number of carbonyl (C=O) groups is 3. The van der Waals surface area contributed by atoms with E-state index >= 15 is 4.39 Å². The van der Waals surface area contributed by atoms with Gasteiger partial charge in [-0.1, -0.05) is 84.9 Å². The van der Waals surface area contributed by atoms with Gasteiger partial charge in [0, 0.05) is 21.6 Å². The first-order chi connectivity index (χ1) is 24.1. The highest BCUT2D eigenvalue weighted by Gasteiger charge is 2.39. The summed E-state index contributed by atoms with van der Waals surface area (Å²) >= 11 is 4.85. The number of rotatable bonds is 10. The van der Waals surface area contributed by atoms with Gasteiger partial charge in [-0.05, 0) is 101 Å². The van der Waals surface area contributed by atoms with Gasteiger partial charge < -0.3 is 0 Å². The van der Waals surface area contributed by atoms with E-state index in [1.54, 1.807) is 60.8 Å². The van der Waals surface area contributed by atoms with Crippen LogP contribution < -0.4 is 0 Å². The van der Waals surface area contributed by atoms with Crippen molar-refractivity contribution in [3.63, 3.8) is 0 Å². The van der Waals surface area contributed by atoms with Gasteiger partial charge in [-0.25, -0.2) is 4.39 Å². The van der Waals surface area contributed by atoms with Crippen LogP contribution in [0.25, 0.3) is 33.4 Å². The lowest BCUT2D eigenvalue weighted by Crippen LogP contribution is -2.02. The number of hydrogen-bond acceptors (Lipinski definition) is 6. The Bertz CT molecular complexity index is 2130. The molecule has 0 fully saturated rings. The summed E-state index contributed by atoms with van der Waals surface area (Å²) < 4.78 is 19.5. The standard InChI is InChI=1S/C42H31FO3S4/c1-26(44)29-8-14-32(15-9-29)35-20-40(47-23-35)50(39-7-5-4-6-38(39)43,41-21-36(24-48-41)33-16-10-30(11-17-33)27(2)45)42-22-37(25-49-42)34-18-12-31(13-19-34)28(3)46/h4-25H,1-3H3. The SMILES string of the molecule is CC(=O)c1ccc(-c2csc(S(c3cc(-c4ccc(C(C)=O)cc4)cs3)(c3cc(-c4ccc(C(C)=O)cc4)cs3)c3ccccc3F)c2)cc1. The summed E-state index contributed by atoms with van der Waals surface area (Å²) in [5.41, 5.74) is 7.91. The normalized spacial score (nSPS) is 11.8. The summed E-state index contributed by atoms with van der Waals surface area (Å²) in [4.78, 5) is 36.6. The molecule has 7 aromatic rings. The van der Waals surface area contributed by atoms with E-state index in [2.05, 4.69) is 34.3 Å². The molecule has 0 amide bonds. The molecule has 3 nitrogen and oxygen atoms in total. The van der Waals surface area contributed by atoms with Crippen molar-refractivity contribution in [1.82, 2.24) is 0 Å². The van der Waals surface area contributed by atoms with E-state index in [9.17, 15) is 14.4 Å². The third kappa shape index (κ3) is 6.24. The van der Waals surface area contributed by atoms with Gasteiger partial charge in [0.25, 0.3) is 0 Å². The largest absolute Gasteiger partial charge is 0.295 e. The van der Waals surface area contributed by atoms with Crippen molar-refractivity contribution in [3.05, 3.63) is 154 Å². The van der Waals surface area contributed by atoms with Crippen LogP contribution in [0.3, 0.4) is 0 Å². The molecule has 0 bridgehead atoms. The molecule has 248 valence electrons. The third-order valence-corrected chi connectivity index (χ3v) is 17.1. The van der Waals surface area contributed by atoms with Crippen molar-refractivity contribution < 1.29 is 18.8 Å². The summed E-state index contributed by atoms with van der Waals surface area (Å²) in [7, 11) is -2.35. The summed E-state index contributed by atoms with van der Waals surface area (Å²) in [6.45, 7) is 4.68. The van der Waals surface area contributed by atoms with Crippen molar-refractivity contribution in [2.75, 3.05) is 0 Å². The number of hydrogen-bond donors (Lipinski definition) is 0. The van der Waals surface area contributed by atoms with Gasteiger partial charge in [0.05, 0.1) is 12.6 Å². The smallest absolute Gasteiger partial charge is 0.159 e. The Labute approximate surface area is 304 Å². The molecule has 0 aliphatic carbocycles. The predicted molar refractivity (Wildman–Crippen MR) is 206 cm³/mol. The maximum atomic E-state index is 16.4. The Morgan fingerprint density at radius 3 is 1.08 bits per heavy atom. The molecule has 0 saturated carbocycles. The zero-order valence-corrected chi connectivity index (χ0v) is 30.7. The lowest BCUT2D eigenvalue weighted by Gasteiger charge is -2.38. The zero-order valence-electron chi connectivity index (χ0n) is 27.4. The summed E-state index contributed by atoms with van der Waals surface area (Å²) in [5, 5.41) is 6.35. The van der Waals surface area contributed by atoms with Crippen LogP contribution in [0.15, 0.2) is 149 Å². The van der Waals surface area contributed by atoms with Crippen LogP contribution in [0.1, 0.15) is 51.8 Å². The summed E-state index contributed by atoms with van der Waals surface area (Å²) in [6, 6.07) is 36.5. The second-order valence-electron chi connectivity index (χ2n) is 11.9. The first-order valence-electron chi connectivity index (χ1n) is 15.8. The molecule has 3 aromatic heterocycles. The second-order valence-corrected chi connectivity index (χ2v) is 18.4. The van der Waals surface area contributed by atoms with Gasteiger partial charge in [-0.2, -0.15) is 0 Å². The fourth-order valence-electron chi connectivity index (χ4n) is 5.89. The van der Waals surface area contributed by atoms with E-state index in [4.69, 9.17) is 0 Å². The summed E-state index contributed by atoms with van der Waals surface area (Å²) in [5.74, 6) is -0.233. The Balaban J connectivity index is 1.45. The zero-order chi connectivity index (χ0) is 35.0. The Hall–Kier alpha value is -4.73. The molecule has 8 heteroatoms. The van der Waals surface area contributed by atoms with E-state index in [1.807, 2.05) is 84.9 Å². The minimum absolute atomic E-state index is 0.0134. The molecular weight excluding hydrogens is 700 g/mol. The molecule has 0 atom stereocenters. The van der Waals surface area contributed by atoms with Crippen LogP contribution in [-0.4, -0.2) is 17.3 Å². The van der Waals surface area contributed by atoms with Crippen LogP contribution >= 0.6 is 44.0 Å². The minimum Gasteiger partial charge on any atom is -0.295 e. The average Bonchev–Trinajstić information content (AvgIpc) is 3.93. The molecule has 0 aliphatic rings. The molecule has 0 radical (unpaired) electrons. The molecule has 0 unspecified atom stereocenters. The van der Waals surface area contributed by atoms with E-state index in [0.29, 0.717) is 21.6 Å². The number of halogens is 1.